The highest BCUT2D eigenvalue weighted by molar-refractivity contribution is 5.79. The minimum absolute atomic E-state index is 0.0950. The van der Waals surface area contributed by atoms with Crippen molar-refractivity contribution in [3.8, 4) is 0 Å². The number of halogens is 3. The minimum atomic E-state index is -4.04. The summed E-state index contributed by atoms with van der Waals surface area (Å²) in [6.07, 6.45) is 1.13. The van der Waals surface area contributed by atoms with Gasteiger partial charge in [0.2, 0.25) is 0 Å². The summed E-state index contributed by atoms with van der Waals surface area (Å²) in [5, 5.41) is 6.63. The molecule has 1 aliphatic carbocycles. The van der Waals surface area contributed by atoms with Gasteiger partial charge in [-0.05, 0) is 70.5 Å². The highest BCUT2D eigenvalue weighted by Crippen LogP contribution is 2.37. The van der Waals surface area contributed by atoms with Crippen LogP contribution < -0.4 is 10.6 Å². The molecule has 0 spiro atoms. The number of aliphatic imine (C=N–C) groups is 1. The van der Waals surface area contributed by atoms with E-state index in [1.807, 2.05) is 0 Å². The molecule has 0 amide bonds. The third-order valence-electron chi connectivity index (χ3n) is 5.75. The van der Waals surface area contributed by atoms with Crippen LogP contribution in [0.25, 0.3) is 0 Å². The molecule has 0 bridgehead atoms. The third-order valence-corrected chi connectivity index (χ3v) is 5.75. The molecule has 0 unspecified atom stereocenters. The number of hydrogen-bond donors (Lipinski definition) is 2. The van der Waals surface area contributed by atoms with Crippen LogP contribution in [0, 0.1) is 11.8 Å². The van der Waals surface area contributed by atoms with Crippen LogP contribution in [-0.4, -0.2) is 56.3 Å². The lowest BCUT2D eigenvalue weighted by Crippen LogP contribution is -2.46. The number of rotatable bonds is 5. The third kappa shape index (κ3) is 6.68. The van der Waals surface area contributed by atoms with Gasteiger partial charge in [0.15, 0.2) is 5.96 Å². The van der Waals surface area contributed by atoms with E-state index in [1.165, 1.54) is 25.9 Å². The van der Waals surface area contributed by atoms with Gasteiger partial charge in [-0.2, -0.15) is 13.2 Å². The van der Waals surface area contributed by atoms with E-state index in [9.17, 15) is 13.2 Å². The van der Waals surface area contributed by atoms with Gasteiger partial charge in [-0.3, -0.25) is 4.99 Å². The van der Waals surface area contributed by atoms with Crippen LogP contribution in [0.15, 0.2) is 4.99 Å². The lowest BCUT2D eigenvalue weighted by Gasteiger charge is -2.32. The van der Waals surface area contributed by atoms with E-state index in [0.717, 1.165) is 31.4 Å². The first kappa shape index (κ1) is 20.3. The van der Waals surface area contributed by atoms with Crippen molar-refractivity contribution >= 4 is 5.96 Å². The Kier molecular flexibility index (Phi) is 7.84. The van der Waals surface area contributed by atoms with Crippen LogP contribution >= 0.6 is 0 Å². The fourth-order valence-electron chi connectivity index (χ4n) is 3.94. The highest BCUT2D eigenvalue weighted by Gasteiger charge is 2.41. The van der Waals surface area contributed by atoms with Gasteiger partial charge in [-0.1, -0.05) is 6.92 Å². The van der Waals surface area contributed by atoms with Crippen LogP contribution in [-0.2, 0) is 0 Å². The van der Waals surface area contributed by atoms with Crippen molar-refractivity contribution in [3.63, 3.8) is 0 Å². The molecule has 1 aliphatic heterocycles. The normalized spacial score (nSPS) is 27.3. The first-order valence-electron chi connectivity index (χ1n) is 9.68. The van der Waals surface area contributed by atoms with Gasteiger partial charge in [0.25, 0.3) is 0 Å². The quantitative estimate of drug-likeness (QED) is 0.582. The zero-order valence-corrected chi connectivity index (χ0v) is 15.5. The summed E-state index contributed by atoms with van der Waals surface area (Å²) < 4.78 is 38.2. The molecule has 2 aliphatic rings. The maximum Gasteiger partial charge on any atom is 0.391 e. The van der Waals surface area contributed by atoms with E-state index in [1.54, 1.807) is 7.05 Å². The summed E-state index contributed by atoms with van der Waals surface area (Å²) >= 11 is 0. The standard InChI is InChI=1S/C18H33F3N4/c1-3-25-12-9-14(10-13-25)8-11-23-17(22-2)24-16-6-4-15(5-7-16)18(19,20)21/h14-16H,3-13H2,1-2H3,(H2,22,23,24). The van der Waals surface area contributed by atoms with Gasteiger partial charge >= 0.3 is 6.18 Å². The molecule has 0 aromatic carbocycles. The van der Waals surface area contributed by atoms with Gasteiger partial charge in [-0.25, -0.2) is 0 Å². The largest absolute Gasteiger partial charge is 0.391 e. The second-order valence-electron chi connectivity index (χ2n) is 7.40. The average Bonchev–Trinajstić information content (AvgIpc) is 2.61. The van der Waals surface area contributed by atoms with Crippen LogP contribution in [0.5, 0.6) is 0 Å². The van der Waals surface area contributed by atoms with Crippen molar-refractivity contribution in [2.24, 2.45) is 16.8 Å². The molecule has 2 rings (SSSR count). The number of alkyl halides is 3. The average molecular weight is 362 g/mol. The van der Waals surface area contributed by atoms with Gasteiger partial charge < -0.3 is 15.5 Å². The van der Waals surface area contributed by atoms with E-state index < -0.39 is 12.1 Å². The lowest BCUT2D eigenvalue weighted by molar-refractivity contribution is -0.182. The summed E-state index contributed by atoms with van der Waals surface area (Å²) in [7, 11) is 1.72. The van der Waals surface area contributed by atoms with E-state index in [0.29, 0.717) is 12.8 Å². The van der Waals surface area contributed by atoms with Crippen molar-refractivity contribution in [2.45, 2.75) is 64.1 Å². The molecular formula is C18H33F3N4. The second kappa shape index (κ2) is 9.64. The number of nitrogens with one attached hydrogen (secondary N) is 2. The Bertz CT molecular complexity index is 409. The molecule has 1 heterocycles. The molecule has 1 saturated heterocycles. The minimum Gasteiger partial charge on any atom is -0.356 e. The Balaban J connectivity index is 1.63. The number of hydrogen-bond acceptors (Lipinski definition) is 2. The molecule has 1 saturated carbocycles. The van der Waals surface area contributed by atoms with Crippen molar-refractivity contribution in [1.82, 2.24) is 15.5 Å². The van der Waals surface area contributed by atoms with E-state index in [2.05, 4.69) is 27.4 Å². The second-order valence-corrected chi connectivity index (χ2v) is 7.40. The number of guanidine groups is 1. The van der Waals surface area contributed by atoms with Gasteiger partial charge in [-0.15, -0.1) is 0 Å². The fraction of sp³-hybridized carbons (Fsp3) is 0.944. The van der Waals surface area contributed by atoms with Crippen molar-refractivity contribution in [1.29, 1.82) is 0 Å². The van der Waals surface area contributed by atoms with Crippen LogP contribution in [0.4, 0.5) is 13.2 Å². The maximum absolute atomic E-state index is 12.7. The smallest absolute Gasteiger partial charge is 0.356 e. The summed E-state index contributed by atoms with van der Waals surface area (Å²) in [5.41, 5.74) is 0. The molecule has 2 N–H and O–H groups in total. The Morgan fingerprint density at radius 1 is 1.08 bits per heavy atom. The topological polar surface area (TPSA) is 39.7 Å². The SMILES string of the molecule is CCN1CCC(CCNC(=NC)NC2CCC(C(F)(F)F)CC2)CC1. The van der Waals surface area contributed by atoms with Crippen LogP contribution in [0.2, 0.25) is 0 Å². The number of likely N-dealkylation sites (tertiary alicyclic amines) is 1. The summed E-state index contributed by atoms with van der Waals surface area (Å²) in [5.74, 6) is 0.353. The Morgan fingerprint density at radius 2 is 1.72 bits per heavy atom. The van der Waals surface area contributed by atoms with Crippen molar-refractivity contribution in [2.75, 3.05) is 33.2 Å². The Morgan fingerprint density at radius 3 is 2.24 bits per heavy atom. The summed E-state index contributed by atoms with van der Waals surface area (Å²) in [6, 6.07) is 0.0950. The van der Waals surface area contributed by atoms with Gasteiger partial charge in [0.05, 0.1) is 5.92 Å². The Hall–Kier alpha value is -0.980. The first-order chi connectivity index (χ1) is 11.9. The zero-order chi connectivity index (χ0) is 18.3. The molecule has 25 heavy (non-hydrogen) atoms. The molecule has 0 radical (unpaired) electrons. The van der Waals surface area contributed by atoms with Crippen molar-refractivity contribution < 1.29 is 13.2 Å². The molecule has 2 fully saturated rings. The Labute approximate surface area is 149 Å². The number of nitrogens with zero attached hydrogens (tertiary/aromatic N) is 2. The highest BCUT2D eigenvalue weighted by atomic mass is 19.4. The lowest BCUT2D eigenvalue weighted by atomic mass is 9.85. The van der Waals surface area contributed by atoms with Crippen LogP contribution in [0.3, 0.4) is 0 Å². The molecule has 0 aromatic rings. The van der Waals surface area contributed by atoms with E-state index in [-0.39, 0.29) is 18.9 Å². The molecule has 4 nitrogen and oxygen atoms in total. The van der Waals surface area contributed by atoms with E-state index in [4.69, 9.17) is 0 Å². The van der Waals surface area contributed by atoms with Gasteiger partial charge in [0.1, 0.15) is 0 Å². The maximum atomic E-state index is 12.7. The first-order valence-corrected chi connectivity index (χ1v) is 9.68. The predicted octanol–water partition coefficient (Wildman–Crippen LogP) is 3.39. The summed E-state index contributed by atoms with van der Waals surface area (Å²) in [4.78, 5) is 6.71. The van der Waals surface area contributed by atoms with E-state index >= 15 is 0 Å². The fourth-order valence-corrected chi connectivity index (χ4v) is 3.94. The zero-order valence-electron chi connectivity index (χ0n) is 15.5. The predicted molar refractivity (Wildman–Crippen MR) is 95.8 cm³/mol. The number of piperidine rings is 1. The molecule has 7 heteroatoms. The van der Waals surface area contributed by atoms with Crippen LogP contribution in [0.1, 0.15) is 51.9 Å². The molecule has 0 atom stereocenters. The van der Waals surface area contributed by atoms with Crippen molar-refractivity contribution in [3.05, 3.63) is 0 Å². The van der Waals surface area contributed by atoms with Gasteiger partial charge in [0, 0.05) is 19.6 Å². The molecule has 0 aromatic heterocycles. The summed E-state index contributed by atoms with van der Waals surface area (Å²) in [6.45, 7) is 6.60. The molecule has 146 valence electrons. The monoisotopic (exact) mass is 362 g/mol. The molecular weight excluding hydrogens is 329 g/mol.